The highest BCUT2D eigenvalue weighted by Gasteiger charge is 2.28. The fourth-order valence-electron chi connectivity index (χ4n) is 3.32. The van der Waals surface area contributed by atoms with Crippen molar-refractivity contribution in [1.29, 1.82) is 5.26 Å². The van der Waals surface area contributed by atoms with E-state index >= 15 is 0 Å². The maximum atomic E-state index is 13.0. The maximum absolute atomic E-state index is 13.0. The lowest BCUT2D eigenvalue weighted by atomic mass is 9.97. The first-order valence-corrected chi connectivity index (χ1v) is 10.7. The smallest absolute Gasteiger partial charge is 0.282 e. The average molecular weight is 414 g/mol. The van der Waals surface area contributed by atoms with Crippen molar-refractivity contribution in [3.8, 4) is 6.07 Å². The van der Waals surface area contributed by atoms with Gasteiger partial charge in [0.1, 0.15) is 11.7 Å². The Morgan fingerprint density at radius 2 is 1.57 bits per heavy atom. The lowest BCUT2D eigenvalue weighted by Gasteiger charge is -2.13. The van der Waals surface area contributed by atoms with E-state index in [0.29, 0.717) is 11.4 Å². The molecule has 30 heavy (non-hydrogen) atoms. The van der Waals surface area contributed by atoms with E-state index in [1.807, 2.05) is 37.4 Å². The molecule has 4 rings (SSSR count). The number of aryl methyl sites for hydroxylation is 1. The van der Waals surface area contributed by atoms with Gasteiger partial charge in [0.05, 0.1) is 27.7 Å². The molecule has 0 amide bonds. The number of imidazole rings is 1. The summed E-state index contributed by atoms with van der Waals surface area (Å²) in [7, 11) is -2.21. The van der Waals surface area contributed by atoms with Crippen molar-refractivity contribution in [1.82, 2.24) is 9.55 Å². The molecule has 4 aromatic rings. The molecule has 1 heterocycles. The fourth-order valence-corrected chi connectivity index (χ4v) is 4.40. The number of fused-ring (bicyclic) bond motifs is 1. The van der Waals surface area contributed by atoms with E-state index in [9.17, 15) is 13.7 Å². The summed E-state index contributed by atoms with van der Waals surface area (Å²) in [6.45, 7) is 0. The number of nitriles is 1. The molecule has 3 aromatic carbocycles. The Bertz CT molecular complexity index is 1370. The van der Waals surface area contributed by atoms with Crippen LogP contribution in [0.15, 0.2) is 94.2 Å². The van der Waals surface area contributed by atoms with Crippen LogP contribution in [0.3, 0.4) is 0 Å². The van der Waals surface area contributed by atoms with Crippen molar-refractivity contribution in [2.24, 2.45) is 11.4 Å². The molecular weight excluding hydrogens is 396 g/mol. The highest BCUT2D eigenvalue weighted by molar-refractivity contribution is 7.90. The summed E-state index contributed by atoms with van der Waals surface area (Å²) in [4.78, 5) is 4.67. The summed E-state index contributed by atoms with van der Waals surface area (Å²) in [5.41, 5.74) is 2.27. The van der Waals surface area contributed by atoms with Crippen LogP contribution in [-0.4, -0.2) is 23.7 Å². The first-order chi connectivity index (χ1) is 14.5. The first-order valence-electron chi connectivity index (χ1n) is 9.27. The minimum absolute atomic E-state index is 0.0696. The van der Waals surface area contributed by atoms with E-state index in [1.54, 1.807) is 47.0 Å². The van der Waals surface area contributed by atoms with Crippen molar-refractivity contribution >= 4 is 26.8 Å². The largest absolute Gasteiger partial charge is 0.330 e. The third kappa shape index (κ3) is 3.61. The molecule has 148 valence electrons. The van der Waals surface area contributed by atoms with Gasteiger partial charge in [-0.2, -0.15) is 18.1 Å². The minimum atomic E-state index is -4.01. The van der Waals surface area contributed by atoms with E-state index in [2.05, 4.69) is 15.5 Å². The van der Waals surface area contributed by atoms with Gasteiger partial charge in [0.2, 0.25) is 0 Å². The van der Waals surface area contributed by atoms with Gasteiger partial charge in [0.15, 0.2) is 0 Å². The Morgan fingerprint density at radius 1 is 0.967 bits per heavy atom. The fraction of sp³-hybridized carbons (Fsp3) is 0.0870. The second-order valence-corrected chi connectivity index (χ2v) is 8.31. The SMILES string of the molecule is Cn1c([C@@H](C#N)C(=NS(=O)(=O)c2ccccc2)c2ccccc2)nc2ccccc21. The molecular formula is C23H18N4O2S. The molecule has 0 bridgehead atoms. The number of para-hydroxylation sites is 2. The molecule has 0 unspecified atom stereocenters. The van der Waals surface area contributed by atoms with Crippen LogP contribution in [0.5, 0.6) is 0 Å². The van der Waals surface area contributed by atoms with Crippen molar-refractivity contribution < 1.29 is 8.42 Å². The molecule has 7 heteroatoms. The van der Waals surface area contributed by atoms with Crippen LogP contribution in [0.25, 0.3) is 11.0 Å². The molecule has 0 spiro atoms. The summed E-state index contributed by atoms with van der Waals surface area (Å²) in [6, 6.07) is 26.6. The van der Waals surface area contributed by atoms with E-state index in [4.69, 9.17) is 0 Å². The number of hydrogen-bond donors (Lipinski definition) is 0. The monoisotopic (exact) mass is 414 g/mol. The van der Waals surface area contributed by atoms with Crippen LogP contribution in [0.1, 0.15) is 17.3 Å². The van der Waals surface area contributed by atoms with E-state index in [-0.39, 0.29) is 10.6 Å². The Hall–Kier alpha value is -3.76. The standard InChI is InChI=1S/C23H18N4O2S/c1-27-21-15-9-8-14-20(21)25-23(27)19(16-24)22(17-10-4-2-5-11-17)26-30(28,29)18-12-6-3-7-13-18/h2-15,19H,1H3/t19-/m0/s1. The lowest BCUT2D eigenvalue weighted by molar-refractivity contribution is 0.598. The number of hydrogen-bond acceptors (Lipinski definition) is 4. The zero-order chi connectivity index (χ0) is 21.1. The molecule has 0 aliphatic rings. The zero-order valence-corrected chi connectivity index (χ0v) is 17.0. The van der Waals surface area contributed by atoms with Gasteiger partial charge >= 0.3 is 0 Å². The molecule has 6 nitrogen and oxygen atoms in total. The molecule has 0 saturated heterocycles. The average Bonchev–Trinajstić information content (AvgIpc) is 3.11. The lowest BCUT2D eigenvalue weighted by Crippen LogP contribution is -2.18. The van der Waals surface area contributed by atoms with Gasteiger partial charge in [-0.15, -0.1) is 0 Å². The number of rotatable bonds is 5. The van der Waals surface area contributed by atoms with Crippen LogP contribution in [0.4, 0.5) is 0 Å². The quantitative estimate of drug-likeness (QED) is 0.461. The van der Waals surface area contributed by atoms with E-state index in [1.165, 1.54) is 12.1 Å². The van der Waals surface area contributed by atoms with Gasteiger partial charge in [0, 0.05) is 7.05 Å². The second-order valence-electron chi connectivity index (χ2n) is 6.71. The molecule has 0 N–H and O–H groups in total. The van der Waals surface area contributed by atoms with Crippen molar-refractivity contribution in [2.75, 3.05) is 0 Å². The maximum Gasteiger partial charge on any atom is 0.282 e. The molecule has 0 radical (unpaired) electrons. The molecule has 0 aliphatic carbocycles. The Labute approximate surface area is 174 Å². The molecule has 0 aliphatic heterocycles. The number of nitrogens with zero attached hydrogens (tertiary/aromatic N) is 4. The van der Waals surface area contributed by atoms with Crippen LogP contribution >= 0.6 is 0 Å². The molecule has 1 aromatic heterocycles. The number of sulfonamides is 1. The molecule has 1 atom stereocenters. The van der Waals surface area contributed by atoms with Gasteiger partial charge < -0.3 is 4.57 Å². The zero-order valence-electron chi connectivity index (χ0n) is 16.2. The Kier molecular flexibility index (Phi) is 5.17. The van der Waals surface area contributed by atoms with Gasteiger partial charge in [-0.05, 0) is 29.8 Å². The highest BCUT2D eigenvalue weighted by Crippen LogP contribution is 2.26. The summed E-state index contributed by atoms with van der Waals surface area (Å²) < 4.78 is 31.9. The topological polar surface area (TPSA) is 88.1 Å². The van der Waals surface area contributed by atoms with Gasteiger partial charge in [-0.3, -0.25) is 0 Å². The van der Waals surface area contributed by atoms with Crippen molar-refractivity contribution in [3.63, 3.8) is 0 Å². The third-order valence-electron chi connectivity index (χ3n) is 4.81. The van der Waals surface area contributed by atoms with Gasteiger partial charge in [-0.1, -0.05) is 60.7 Å². The Morgan fingerprint density at radius 3 is 2.20 bits per heavy atom. The molecule has 0 fully saturated rings. The van der Waals surface area contributed by atoms with Crippen LogP contribution in [0, 0.1) is 11.3 Å². The first kappa shape index (κ1) is 19.6. The van der Waals surface area contributed by atoms with Crippen molar-refractivity contribution in [2.45, 2.75) is 10.8 Å². The van der Waals surface area contributed by atoms with Crippen LogP contribution in [-0.2, 0) is 17.1 Å². The van der Waals surface area contributed by atoms with Crippen LogP contribution in [0.2, 0.25) is 0 Å². The predicted octanol–water partition coefficient (Wildman–Crippen LogP) is 4.06. The highest BCUT2D eigenvalue weighted by atomic mass is 32.2. The Balaban J connectivity index is 1.93. The summed E-state index contributed by atoms with van der Waals surface area (Å²) in [6.07, 6.45) is 0. The van der Waals surface area contributed by atoms with Crippen LogP contribution < -0.4 is 0 Å². The summed E-state index contributed by atoms with van der Waals surface area (Å²) in [5, 5.41) is 10.0. The van der Waals surface area contributed by atoms with Gasteiger partial charge in [-0.25, -0.2) is 4.98 Å². The van der Waals surface area contributed by atoms with E-state index in [0.717, 1.165) is 11.0 Å². The minimum Gasteiger partial charge on any atom is -0.330 e. The third-order valence-corrected chi connectivity index (χ3v) is 6.12. The van der Waals surface area contributed by atoms with Crippen molar-refractivity contribution in [3.05, 3.63) is 96.3 Å². The second kappa shape index (κ2) is 7.93. The normalized spacial score (nSPS) is 13.1. The number of aromatic nitrogens is 2. The van der Waals surface area contributed by atoms with Gasteiger partial charge in [0.25, 0.3) is 10.0 Å². The molecule has 0 saturated carbocycles. The summed E-state index contributed by atoms with van der Waals surface area (Å²) in [5.74, 6) is -0.534. The summed E-state index contributed by atoms with van der Waals surface area (Å²) >= 11 is 0. The predicted molar refractivity (Wildman–Crippen MR) is 116 cm³/mol. The van der Waals surface area contributed by atoms with E-state index < -0.39 is 15.9 Å². The number of benzene rings is 3.